The van der Waals surface area contributed by atoms with E-state index in [-0.39, 0.29) is 5.92 Å². The number of hydrogen-bond acceptors (Lipinski definition) is 2. The molecule has 0 unspecified atom stereocenters. The van der Waals surface area contributed by atoms with Crippen LogP contribution in [0.4, 0.5) is 18.9 Å². The van der Waals surface area contributed by atoms with Crippen LogP contribution in [0, 0.1) is 11.3 Å². The lowest BCUT2D eigenvalue weighted by molar-refractivity contribution is -0.137. The van der Waals surface area contributed by atoms with E-state index in [1.54, 1.807) is 6.07 Å². The third-order valence-corrected chi connectivity index (χ3v) is 3.71. The number of halogens is 3. The third-order valence-electron chi connectivity index (χ3n) is 3.71. The van der Waals surface area contributed by atoms with Gasteiger partial charge in [0.25, 0.3) is 0 Å². The Morgan fingerprint density at radius 3 is 2.29 bits per heavy atom. The second-order valence-corrected chi connectivity index (χ2v) is 5.56. The lowest BCUT2D eigenvalue weighted by atomic mass is 10.1. The highest BCUT2D eigenvalue weighted by atomic mass is 19.4. The van der Waals surface area contributed by atoms with Gasteiger partial charge in [-0.2, -0.15) is 13.2 Å². The number of piperazine rings is 1. The van der Waals surface area contributed by atoms with Gasteiger partial charge in [0.05, 0.1) is 11.4 Å². The van der Waals surface area contributed by atoms with Crippen molar-refractivity contribution in [3.8, 4) is 0 Å². The molecular weight excluding hydrogens is 279 g/mol. The third kappa shape index (κ3) is 3.68. The van der Waals surface area contributed by atoms with E-state index in [0.717, 1.165) is 6.07 Å². The molecule has 116 valence electrons. The van der Waals surface area contributed by atoms with Gasteiger partial charge in [-0.3, -0.25) is 5.41 Å². The highest BCUT2D eigenvalue weighted by Crippen LogP contribution is 2.31. The molecule has 21 heavy (non-hydrogen) atoms. The summed E-state index contributed by atoms with van der Waals surface area (Å²) in [6.07, 6.45) is -4.31. The first kappa shape index (κ1) is 15.7. The van der Waals surface area contributed by atoms with E-state index < -0.39 is 11.7 Å². The van der Waals surface area contributed by atoms with Gasteiger partial charge in [-0.1, -0.05) is 19.9 Å². The molecule has 1 aliphatic rings. The van der Waals surface area contributed by atoms with Crippen LogP contribution in [0.25, 0.3) is 0 Å². The van der Waals surface area contributed by atoms with Crippen molar-refractivity contribution in [3.63, 3.8) is 0 Å². The van der Waals surface area contributed by atoms with E-state index in [2.05, 4.69) is 0 Å². The minimum atomic E-state index is -4.31. The van der Waals surface area contributed by atoms with Crippen LogP contribution in [-0.4, -0.2) is 36.9 Å². The van der Waals surface area contributed by atoms with Crippen molar-refractivity contribution in [2.24, 2.45) is 5.92 Å². The zero-order valence-electron chi connectivity index (χ0n) is 12.2. The Hall–Kier alpha value is -1.72. The second kappa shape index (κ2) is 5.95. The number of benzene rings is 1. The summed E-state index contributed by atoms with van der Waals surface area (Å²) in [6, 6.07) is 5.44. The van der Waals surface area contributed by atoms with Crippen molar-refractivity contribution >= 4 is 11.5 Å². The summed E-state index contributed by atoms with van der Waals surface area (Å²) in [7, 11) is 0. The van der Waals surface area contributed by atoms with Crippen molar-refractivity contribution in [1.29, 1.82) is 5.41 Å². The van der Waals surface area contributed by atoms with Crippen molar-refractivity contribution in [2.75, 3.05) is 31.1 Å². The molecule has 0 bridgehead atoms. The Balaban J connectivity index is 2.04. The van der Waals surface area contributed by atoms with Crippen LogP contribution in [0.1, 0.15) is 19.4 Å². The molecule has 0 aromatic heterocycles. The molecule has 1 saturated heterocycles. The van der Waals surface area contributed by atoms with Gasteiger partial charge in [0.15, 0.2) is 0 Å². The zero-order chi connectivity index (χ0) is 15.6. The summed E-state index contributed by atoms with van der Waals surface area (Å²) < 4.78 is 38.2. The molecule has 1 aromatic rings. The number of hydrogen-bond donors (Lipinski definition) is 1. The molecule has 2 rings (SSSR count). The van der Waals surface area contributed by atoms with Crippen LogP contribution in [-0.2, 0) is 6.18 Å². The predicted octanol–water partition coefficient (Wildman–Crippen LogP) is 3.46. The first-order valence-corrected chi connectivity index (χ1v) is 7.04. The molecule has 6 heteroatoms. The first-order valence-electron chi connectivity index (χ1n) is 7.04. The van der Waals surface area contributed by atoms with Crippen LogP contribution in [0.2, 0.25) is 0 Å². The van der Waals surface area contributed by atoms with E-state index in [0.29, 0.717) is 37.7 Å². The number of nitrogens with zero attached hydrogens (tertiary/aromatic N) is 2. The van der Waals surface area contributed by atoms with Crippen molar-refractivity contribution < 1.29 is 13.2 Å². The molecule has 3 nitrogen and oxygen atoms in total. The standard InChI is InChI=1S/C15H20F3N3/c1-11(2)14(19)21-8-6-20(7-9-21)13-5-3-4-12(10-13)15(16,17)18/h3-5,10-11,19H,6-9H2,1-2H3. The summed E-state index contributed by atoms with van der Waals surface area (Å²) in [5, 5.41) is 7.98. The van der Waals surface area contributed by atoms with E-state index in [9.17, 15) is 13.2 Å². The smallest absolute Gasteiger partial charge is 0.368 e. The van der Waals surface area contributed by atoms with Crippen LogP contribution >= 0.6 is 0 Å². The van der Waals surface area contributed by atoms with E-state index >= 15 is 0 Å². The van der Waals surface area contributed by atoms with Crippen molar-refractivity contribution in [1.82, 2.24) is 4.90 Å². The summed E-state index contributed by atoms with van der Waals surface area (Å²) in [5.74, 6) is 0.767. The maximum absolute atomic E-state index is 12.7. The Kier molecular flexibility index (Phi) is 4.44. The molecule has 1 aliphatic heterocycles. The van der Waals surface area contributed by atoms with Crippen molar-refractivity contribution in [3.05, 3.63) is 29.8 Å². The van der Waals surface area contributed by atoms with Crippen LogP contribution < -0.4 is 4.90 Å². The number of alkyl halides is 3. The molecule has 0 saturated carbocycles. The molecule has 1 N–H and O–H groups in total. The van der Waals surface area contributed by atoms with Gasteiger partial charge in [0, 0.05) is 37.8 Å². The zero-order valence-corrected chi connectivity index (χ0v) is 12.2. The van der Waals surface area contributed by atoms with Crippen LogP contribution in [0.15, 0.2) is 24.3 Å². The first-order chi connectivity index (χ1) is 9.79. The predicted molar refractivity (Wildman–Crippen MR) is 77.8 cm³/mol. The van der Waals surface area contributed by atoms with Crippen LogP contribution in [0.5, 0.6) is 0 Å². The van der Waals surface area contributed by atoms with Gasteiger partial charge in [0.2, 0.25) is 0 Å². The van der Waals surface area contributed by atoms with Crippen LogP contribution in [0.3, 0.4) is 0 Å². The van der Waals surface area contributed by atoms with Gasteiger partial charge >= 0.3 is 6.18 Å². The summed E-state index contributed by atoms with van der Waals surface area (Å²) >= 11 is 0. The average Bonchev–Trinajstić information content (AvgIpc) is 2.46. The largest absolute Gasteiger partial charge is 0.416 e. The minimum Gasteiger partial charge on any atom is -0.368 e. The Labute approximate surface area is 122 Å². The summed E-state index contributed by atoms with van der Waals surface area (Å²) in [6.45, 7) is 6.57. The fourth-order valence-corrected chi connectivity index (χ4v) is 2.45. The van der Waals surface area contributed by atoms with E-state index in [4.69, 9.17) is 5.41 Å². The van der Waals surface area contributed by atoms with E-state index in [1.807, 2.05) is 23.6 Å². The number of anilines is 1. The molecule has 1 aromatic carbocycles. The van der Waals surface area contributed by atoms with Gasteiger partial charge in [0.1, 0.15) is 0 Å². The Morgan fingerprint density at radius 2 is 1.76 bits per heavy atom. The average molecular weight is 299 g/mol. The minimum absolute atomic E-state index is 0.171. The maximum atomic E-state index is 12.7. The number of nitrogens with one attached hydrogen (secondary N) is 1. The molecule has 0 atom stereocenters. The lowest BCUT2D eigenvalue weighted by Crippen LogP contribution is -2.49. The molecule has 0 amide bonds. The number of amidine groups is 1. The van der Waals surface area contributed by atoms with E-state index in [1.165, 1.54) is 12.1 Å². The lowest BCUT2D eigenvalue weighted by Gasteiger charge is -2.38. The molecular formula is C15H20F3N3. The molecule has 1 fully saturated rings. The molecule has 0 aliphatic carbocycles. The molecule has 1 heterocycles. The quantitative estimate of drug-likeness (QED) is 0.669. The molecule has 0 spiro atoms. The van der Waals surface area contributed by atoms with Gasteiger partial charge in [-0.15, -0.1) is 0 Å². The normalized spacial score (nSPS) is 16.5. The summed E-state index contributed by atoms with van der Waals surface area (Å²) in [4.78, 5) is 3.94. The fourth-order valence-electron chi connectivity index (χ4n) is 2.45. The Bertz CT molecular complexity index is 503. The fraction of sp³-hybridized carbons (Fsp3) is 0.533. The monoisotopic (exact) mass is 299 g/mol. The SMILES string of the molecule is CC(C)C(=N)N1CCN(c2cccc(C(F)(F)F)c2)CC1. The topological polar surface area (TPSA) is 30.3 Å². The van der Waals surface area contributed by atoms with Gasteiger partial charge in [-0.05, 0) is 18.2 Å². The Morgan fingerprint density at radius 1 is 1.14 bits per heavy atom. The van der Waals surface area contributed by atoms with Gasteiger partial charge < -0.3 is 9.80 Å². The van der Waals surface area contributed by atoms with Crippen molar-refractivity contribution in [2.45, 2.75) is 20.0 Å². The maximum Gasteiger partial charge on any atom is 0.416 e. The molecule has 0 radical (unpaired) electrons. The summed E-state index contributed by atoms with van der Waals surface area (Å²) in [5.41, 5.74) is -0.0158. The highest BCUT2D eigenvalue weighted by molar-refractivity contribution is 5.81. The second-order valence-electron chi connectivity index (χ2n) is 5.56. The van der Waals surface area contributed by atoms with Gasteiger partial charge in [-0.25, -0.2) is 0 Å². The highest BCUT2D eigenvalue weighted by Gasteiger charge is 2.31. The number of rotatable bonds is 2.